The summed E-state index contributed by atoms with van der Waals surface area (Å²) in [7, 11) is 0. The summed E-state index contributed by atoms with van der Waals surface area (Å²) in [6.07, 6.45) is 0. The molecule has 0 fully saturated rings. The van der Waals surface area contributed by atoms with E-state index in [-0.39, 0.29) is 0 Å². The molecule has 0 atom stereocenters. The molecule has 0 aliphatic rings. The number of nitrogens with one attached hydrogen (secondary N) is 1. The lowest BCUT2D eigenvalue weighted by Crippen LogP contribution is -2.45. The van der Waals surface area contributed by atoms with Gasteiger partial charge in [0, 0.05) is 15.8 Å². The molecule has 0 saturated carbocycles. The Labute approximate surface area is 104 Å². The summed E-state index contributed by atoms with van der Waals surface area (Å²) >= 11 is 3.39. The van der Waals surface area contributed by atoms with Crippen LogP contribution in [0, 0.1) is 6.92 Å². The molecule has 5 N–H and O–H groups in total. The molecule has 5 heteroatoms. The number of aryl methyl sites for hydroxylation is 1. The Morgan fingerprint density at radius 3 is 2.50 bits per heavy atom. The van der Waals surface area contributed by atoms with E-state index in [0.717, 1.165) is 15.7 Å². The zero-order valence-electron chi connectivity index (χ0n) is 9.60. The average molecular weight is 286 g/mol. The Kier molecular flexibility index (Phi) is 3.48. The zero-order valence-corrected chi connectivity index (χ0v) is 11.2. The van der Waals surface area contributed by atoms with Gasteiger partial charge in [-0.05, 0) is 54.4 Å². The summed E-state index contributed by atoms with van der Waals surface area (Å²) < 4.78 is 0.810. The molecule has 0 aliphatic heterocycles. The maximum Gasteiger partial charge on any atom is 0.242 e. The van der Waals surface area contributed by atoms with Crippen LogP contribution in [-0.4, -0.2) is 11.4 Å². The molecule has 1 aromatic rings. The third-order valence-corrected chi connectivity index (χ3v) is 3.07. The van der Waals surface area contributed by atoms with E-state index >= 15 is 0 Å². The van der Waals surface area contributed by atoms with Crippen molar-refractivity contribution in [2.24, 2.45) is 5.73 Å². The predicted octanol–water partition coefficient (Wildman–Crippen LogP) is 2.02. The van der Waals surface area contributed by atoms with Gasteiger partial charge in [0.15, 0.2) is 0 Å². The first-order chi connectivity index (χ1) is 7.24. The number of amides is 1. The lowest BCUT2D eigenvalue weighted by Gasteiger charge is -2.25. The molecular formula is C11H16BrN3O. The van der Waals surface area contributed by atoms with Gasteiger partial charge in [0.2, 0.25) is 5.91 Å². The Bertz CT molecular complexity index is 429. The average Bonchev–Trinajstić information content (AvgIpc) is 2.13. The van der Waals surface area contributed by atoms with Crippen LogP contribution in [0.5, 0.6) is 0 Å². The summed E-state index contributed by atoms with van der Waals surface area (Å²) in [5, 5.41) is 3.08. The first-order valence-corrected chi connectivity index (χ1v) is 5.67. The number of hydrogen-bond donors (Lipinski definition) is 3. The van der Waals surface area contributed by atoms with Crippen LogP contribution >= 0.6 is 15.9 Å². The smallest absolute Gasteiger partial charge is 0.242 e. The van der Waals surface area contributed by atoms with Crippen molar-refractivity contribution < 1.29 is 4.79 Å². The second kappa shape index (κ2) is 4.33. The van der Waals surface area contributed by atoms with Gasteiger partial charge >= 0.3 is 0 Å². The maximum atomic E-state index is 11.2. The first-order valence-electron chi connectivity index (χ1n) is 4.88. The van der Waals surface area contributed by atoms with Gasteiger partial charge in [0.05, 0.1) is 0 Å². The van der Waals surface area contributed by atoms with Gasteiger partial charge in [0.25, 0.3) is 0 Å². The van der Waals surface area contributed by atoms with Crippen LogP contribution in [-0.2, 0) is 4.79 Å². The molecule has 88 valence electrons. The van der Waals surface area contributed by atoms with E-state index in [1.54, 1.807) is 19.9 Å². The summed E-state index contributed by atoms with van der Waals surface area (Å²) in [6.45, 7) is 5.37. The quantitative estimate of drug-likeness (QED) is 0.743. The summed E-state index contributed by atoms with van der Waals surface area (Å²) in [4.78, 5) is 11.2. The van der Waals surface area contributed by atoms with Crippen LogP contribution < -0.4 is 16.8 Å². The molecule has 0 unspecified atom stereocenters. The third kappa shape index (κ3) is 2.66. The molecule has 0 saturated heterocycles. The van der Waals surface area contributed by atoms with Gasteiger partial charge in [-0.3, -0.25) is 4.79 Å². The number of nitrogen functional groups attached to an aromatic ring is 1. The molecule has 1 rings (SSSR count). The van der Waals surface area contributed by atoms with Crippen molar-refractivity contribution in [2.75, 3.05) is 11.1 Å². The predicted molar refractivity (Wildman–Crippen MR) is 70.2 cm³/mol. The fraction of sp³-hybridized carbons (Fsp3) is 0.364. The fourth-order valence-corrected chi connectivity index (χ4v) is 1.65. The molecule has 0 bridgehead atoms. The lowest BCUT2D eigenvalue weighted by atomic mass is 10.0. The van der Waals surface area contributed by atoms with Gasteiger partial charge in [-0.25, -0.2) is 0 Å². The summed E-state index contributed by atoms with van der Waals surface area (Å²) in [5.41, 5.74) is 12.7. The maximum absolute atomic E-state index is 11.2. The van der Waals surface area contributed by atoms with E-state index in [4.69, 9.17) is 11.5 Å². The van der Waals surface area contributed by atoms with E-state index in [0.29, 0.717) is 5.69 Å². The number of halogens is 1. The number of rotatable bonds is 3. The van der Waals surface area contributed by atoms with Crippen molar-refractivity contribution in [1.29, 1.82) is 0 Å². The van der Waals surface area contributed by atoms with Crippen molar-refractivity contribution in [2.45, 2.75) is 26.3 Å². The standard InChI is InChI=1S/C11H16BrN3O/c1-6-4-9(7(12)5-8(6)13)15-11(2,3)10(14)16/h4-5,15H,13H2,1-3H3,(H2,14,16). The SMILES string of the molecule is Cc1cc(NC(C)(C)C(N)=O)c(Br)cc1N. The highest BCUT2D eigenvalue weighted by Gasteiger charge is 2.25. The molecule has 0 radical (unpaired) electrons. The van der Waals surface area contributed by atoms with Crippen LogP contribution in [0.25, 0.3) is 0 Å². The molecule has 0 spiro atoms. The van der Waals surface area contributed by atoms with Gasteiger partial charge in [-0.15, -0.1) is 0 Å². The number of primary amides is 1. The van der Waals surface area contributed by atoms with Crippen molar-refractivity contribution in [3.05, 3.63) is 22.2 Å². The van der Waals surface area contributed by atoms with Gasteiger partial charge in [-0.2, -0.15) is 0 Å². The molecule has 1 amide bonds. The number of nitrogens with two attached hydrogens (primary N) is 2. The largest absolute Gasteiger partial charge is 0.398 e. The Balaban J connectivity index is 3.07. The van der Waals surface area contributed by atoms with Crippen molar-refractivity contribution in [1.82, 2.24) is 0 Å². The van der Waals surface area contributed by atoms with E-state index in [1.165, 1.54) is 0 Å². The number of hydrogen-bond acceptors (Lipinski definition) is 3. The van der Waals surface area contributed by atoms with Crippen LogP contribution in [0.3, 0.4) is 0 Å². The molecule has 16 heavy (non-hydrogen) atoms. The van der Waals surface area contributed by atoms with Crippen LogP contribution in [0.4, 0.5) is 11.4 Å². The number of benzene rings is 1. The molecule has 0 aromatic heterocycles. The number of carbonyl (C=O) groups is 1. The lowest BCUT2D eigenvalue weighted by molar-refractivity contribution is -0.121. The number of anilines is 2. The van der Waals surface area contributed by atoms with Gasteiger partial charge in [0.1, 0.15) is 5.54 Å². The van der Waals surface area contributed by atoms with Crippen molar-refractivity contribution in [3.63, 3.8) is 0 Å². The van der Waals surface area contributed by atoms with Crippen LogP contribution in [0.2, 0.25) is 0 Å². The first kappa shape index (κ1) is 12.8. The van der Waals surface area contributed by atoms with Crippen molar-refractivity contribution >= 4 is 33.2 Å². The highest BCUT2D eigenvalue weighted by atomic mass is 79.9. The van der Waals surface area contributed by atoms with E-state index < -0.39 is 11.4 Å². The van der Waals surface area contributed by atoms with Crippen LogP contribution in [0.15, 0.2) is 16.6 Å². The molecule has 4 nitrogen and oxygen atoms in total. The summed E-state index contributed by atoms with van der Waals surface area (Å²) in [6, 6.07) is 3.68. The Morgan fingerprint density at radius 2 is 2.00 bits per heavy atom. The minimum Gasteiger partial charge on any atom is -0.398 e. The third-order valence-electron chi connectivity index (χ3n) is 2.42. The normalized spacial score (nSPS) is 11.2. The summed E-state index contributed by atoms with van der Waals surface area (Å²) in [5.74, 6) is -0.408. The Morgan fingerprint density at radius 1 is 1.44 bits per heavy atom. The zero-order chi connectivity index (χ0) is 12.5. The topological polar surface area (TPSA) is 81.1 Å². The Hall–Kier alpha value is -1.23. The van der Waals surface area contributed by atoms with Crippen molar-refractivity contribution in [3.8, 4) is 0 Å². The number of carbonyl (C=O) groups excluding carboxylic acids is 1. The van der Waals surface area contributed by atoms with Gasteiger partial charge < -0.3 is 16.8 Å². The van der Waals surface area contributed by atoms with E-state index in [9.17, 15) is 4.79 Å². The minimum atomic E-state index is -0.801. The second-order valence-corrected chi connectivity index (χ2v) is 5.16. The van der Waals surface area contributed by atoms with Crippen LogP contribution in [0.1, 0.15) is 19.4 Å². The fourth-order valence-electron chi connectivity index (χ4n) is 1.19. The van der Waals surface area contributed by atoms with E-state index in [2.05, 4.69) is 21.2 Å². The van der Waals surface area contributed by atoms with Gasteiger partial charge in [-0.1, -0.05) is 0 Å². The molecule has 0 aliphatic carbocycles. The molecular weight excluding hydrogens is 270 g/mol. The molecule has 0 heterocycles. The van der Waals surface area contributed by atoms with E-state index in [1.807, 2.05) is 13.0 Å². The minimum absolute atomic E-state index is 0.408. The highest BCUT2D eigenvalue weighted by Crippen LogP contribution is 2.29. The molecule has 1 aromatic carbocycles. The highest BCUT2D eigenvalue weighted by molar-refractivity contribution is 9.10. The monoisotopic (exact) mass is 285 g/mol. The second-order valence-electron chi connectivity index (χ2n) is 4.30.